The Morgan fingerprint density at radius 2 is 2.11 bits per heavy atom. The van der Waals surface area contributed by atoms with Gasteiger partial charge in [0.1, 0.15) is 6.54 Å². The highest BCUT2D eigenvalue weighted by atomic mass is 127. The first kappa shape index (κ1) is 14.0. The Morgan fingerprint density at radius 3 is 2.63 bits per heavy atom. The Bertz CT molecular complexity index is 581. The van der Waals surface area contributed by atoms with Crippen molar-refractivity contribution in [3.05, 3.63) is 24.3 Å². The lowest BCUT2D eigenvalue weighted by atomic mass is 10.1. The van der Waals surface area contributed by atoms with Gasteiger partial charge in [-0.05, 0) is 39.3 Å². The van der Waals surface area contributed by atoms with Gasteiger partial charge in [0.05, 0.1) is 0 Å². The maximum Gasteiger partial charge on any atom is 0.509 e. The fourth-order valence-corrected chi connectivity index (χ4v) is 4.37. The molecule has 1 aliphatic heterocycles. The number of hydrogen-bond acceptors (Lipinski definition) is 4. The zero-order chi connectivity index (χ0) is 14.2. The fourth-order valence-electron chi connectivity index (χ4n) is 1.62. The molecule has 0 saturated carbocycles. The molecule has 9 heteroatoms. The van der Waals surface area contributed by atoms with Gasteiger partial charge in [-0.15, -0.1) is 4.67 Å². The highest BCUT2D eigenvalue weighted by Crippen LogP contribution is 2.42. The van der Waals surface area contributed by atoms with E-state index < -0.39 is 23.5 Å². The van der Waals surface area contributed by atoms with Crippen LogP contribution in [0.1, 0.15) is 0 Å². The molecule has 2 rings (SSSR count). The zero-order valence-electron chi connectivity index (χ0n) is 9.41. The van der Waals surface area contributed by atoms with E-state index in [-0.39, 0.29) is 17.6 Å². The number of nitrogens with zero attached hydrogens (tertiary/aromatic N) is 1. The third kappa shape index (κ3) is 2.50. The lowest BCUT2D eigenvalue weighted by Gasteiger charge is -2.37. The number of phenols is 1. The van der Waals surface area contributed by atoms with Crippen LogP contribution in [-0.2, 0) is 9.36 Å². The van der Waals surface area contributed by atoms with Crippen molar-refractivity contribution in [3.63, 3.8) is 0 Å². The zero-order valence-corrected chi connectivity index (χ0v) is 12.5. The molecule has 2 unspecified atom stereocenters. The number of carbonyl (C=O) groups excluding carboxylic acids is 1. The third-order valence-electron chi connectivity index (χ3n) is 2.55. The average molecular weight is 395 g/mol. The molecule has 19 heavy (non-hydrogen) atoms. The van der Waals surface area contributed by atoms with E-state index >= 15 is 0 Å². The first-order chi connectivity index (χ1) is 8.85. The lowest BCUT2D eigenvalue weighted by Crippen LogP contribution is -2.68. The summed E-state index contributed by atoms with van der Waals surface area (Å²) in [6.07, 6.45) is -1.32. The summed E-state index contributed by atoms with van der Waals surface area (Å²) in [4.78, 5) is 22.4. The summed E-state index contributed by atoms with van der Waals surface area (Å²) in [5.41, 5.74) is 0. The molecule has 0 radical (unpaired) electrons. The van der Waals surface area contributed by atoms with Crippen LogP contribution in [0.25, 0.3) is 0 Å². The number of rotatable bonds is 3. The summed E-state index contributed by atoms with van der Waals surface area (Å²) in [6, 6.07) is 6.01. The normalized spacial score (nSPS) is 22.7. The molecule has 2 atom stereocenters. The molecule has 2 amide bonds. The number of carbonyl (C=O) groups is 2. The number of amides is 2. The van der Waals surface area contributed by atoms with Gasteiger partial charge in [-0.2, -0.15) is 0 Å². The van der Waals surface area contributed by atoms with Crippen LogP contribution < -0.4 is 10.6 Å². The summed E-state index contributed by atoms with van der Waals surface area (Å²) >= 11 is 1.67. The molecular weight excluding hydrogens is 386 g/mol. The molecule has 1 heterocycles. The van der Waals surface area contributed by atoms with Crippen LogP contribution in [0, 0.1) is 0 Å². The van der Waals surface area contributed by atoms with E-state index in [0.29, 0.717) is 0 Å². The van der Waals surface area contributed by atoms with Crippen molar-refractivity contribution in [3.8, 4) is 5.75 Å². The molecule has 3 N–H and O–H groups in total. The predicted molar refractivity (Wildman–Crippen MR) is 75.0 cm³/mol. The second kappa shape index (κ2) is 4.93. The summed E-state index contributed by atoms with van der Waals surface area (Å²) < 4.78 is 11.9. The lowest BCUT2D eigenvalue weighted by molar-refractivity contribution is -0.137. The minimum atomic E-state index is -2.25. The number of halogens is 1. The quantitative estimate of drug-likeness (QED) is 0.233. The number of carboxylic acid groups (broad SMARTS) is 1. The van der Waals surface area contributed by atoms with Gasteiger partial charge in [0.2, 0.25) is 0 Å². The van der Waals surface area contributed by atoms with E-state index in [1.54, 1.807) is 34.7 Å². The van der Waals surface area contributed by atoms with Crippen LogP contribution in [0.4, 0.5) is 4.79 Å². The van der Waals surface area contributed by atoms with E-state index in [4.69, 9.17) is 5.11 Å². The van der Waals surface area contributed by atoms with Gasteiger partial charge in [0.25, 0.3) is 5.30 Å². The van der Waals surface area contributed by atoms with Gasteiger partial charge < -0.3 is 10.2 Å². The third-order valence-corrected chi connectivity index (χ3v) is 5.18. The molecule has 0 aliphatic carbocycles. The van der Waals surface area contributed by atoms with Crippen LogP contribution in [-0.4, -0.2) is 37.0 Å². The van der Waals surface area contributed by atoms with Crippen molar-refractivity contribution in [2.24, 2.45) is 0 Å². The van der Waals surface area contributed by atoms with Gasteiger partial charge in [0, 0.05) is 0 Å². The van der Waals surface area contributed by atoms with Gasteiger partial charge in [-0.1, -0.05) is 12.1 Å². The smallest absolute Gasteiger partial charge is 0.504 e. The average Bonchev–Trinajstić information content (AvgIpc) is 2.35. The number of nitrogens with one attached hydrogen (secondary N) is 1. The predicted octanol–water partition coefficient (Wildman–Crippen LogP) is 1.00. The van der Waals surface area contributed by atoms with Gasteiger partial charge in [0.15, 0.2) is 9.30 Å². The Labute approximate surface area is 122 Å². The molecular formula is C10H9IN2O5P+. The van der Waals surface area contributed by atoms with Crippen LogP contribution in [0.15, 0.2) is 24.3 Å². The van der Waals surface area contributed by atoms with Crippen molar-refractivity contribution in [1.29, 1.82) is 0 Å². The molecule has 7 nitrogen and oxygen atoms in total. The van der Waals surface area contributed by atoms with Crippen molar-refractivity contribution < 1.29 is 24.4 Å². The van der Waals surface area contributed by atoms with E-state index in [1.807, 2.05) is 0 Å². The molecule has 0 spiro atoms. The first-order valence-electron chi connectivity index (χ1n) is 5.12. The van der Waals surface area contributed by atoms with Crippen molar-refractivity contribution in [1.82, 2.24) is 9.99 Å². The molecule has 1 aliphatic rings. The second-order valence-corrected chi connectivity index (χ2v) is 7.21. The summed E-state index contributed by atoms with van der Waals surface area (Å²) in [5, 5.41) is 20.4. The van der Waals surface area contributed by atoms with Gasteiger partial charge in [-0.25, -0.2) is 4.79 Å². The summed E-state index contributed by atoms with van der Waals surface area (Å²) in [5.74, 6) is -0.742. The summed E-state index contributed by atoms with van der Waals surface area (Å²) in [7, 11) is -2.25. The van der Waals surface area contributed by atoms with E-state index in [2.05, 4.69) is 5.32 Å². The minimum absolute atomic E-state index is 0.0117. The summed E-state index contributed by atoms with van der Waals surface area (Å²) in [6.45, 7) is -0.0117. The maximum atomic E-state index is 12.1. The molecule has 1 aromatic carbocycles. The maximum absolute atomic E-state index is 12.1. The monoisotopic (exact) mass is 395 g/mol. The van der Waals surface area contributed by atoms with Crippen LogP contribution in [0.5, 0.6) is 5.75 Å². The number of hydrogen-bond donors (Lipinski definition) is 3. The van der Waals surface area contributed by atoms with Crippen molar-refractivity contribution >= 4 is 47.8 Å². The molecule has 1 saturated heterocycles. The van der Waals surface area contributed by atoms with Gasteiger partial charge in [-0.3, -0.25) is 10.1 Å². The second-order valence-electron chi connectivity index (χ2n) is 3.86. The van der Waals surface area contributed by atoms with E-state index in [9.17, 15) is 19.3 Å². The minimum Gasteiger partial charge on any atom is -0.504 e. The van der Waals surface area contributed by atoms with E-state index in [0.717, 1.165) is 4.67 Å². The molecule has 1 aromatic rings. The Balaban J connectivity index is 2.15. The topological polar surface area (TPSA) is 107 Å². The van der Waals surface area contributed by atoms with Gasteiger partial charge >= 0.3 is 20.0 Å². The molecule has 0 aromatic heterocycles. The van der Waals surface area contributed by atoms with Crippen molar-refractivity contribution in [2.45, 2.75) is 3.55 Å². The Hall–Kier alpha value is -1.41. The number of alkyl halides is 1. The Kier molecular flexibility index (Phi) is 3.64. The van der Waals surface area contributed by atoms with Crippen LogP contribution in [0.3, 0.4) is 0 Å². The molecule has 0 bridgehead atoms. The number of benzene rings is 1. The molecule has 100 valence electrons. The van der Waals surface area contributed by atoms with Crippen LogP contribution in [0.2, 0.25) is 0 Å². The van der Waals surface area contributed by atoms with Crippen molar-refractivity contribution in [2.75, 3.05) is 6.54 Å². The first-order valence-corrected chi connectivity index (χ1v) is 7.41. The number of aromatic hydroxyl groups is 1. The van der Waals surface area contributed by atoms with E-state index in [1.165, 1.54) is 12.1 Å². The SMILES string of the molecule is O=C(O)NC1(I)CN([P+](=O)c2ccccc2O)C1=O. The standard InChI is InChI=1S/C10H8IN2O5P/c11-10(12-9(16)17)5-13(8(10)15)19(18)7-4-2-1-3-6(7)14/h1-4,12H,5H2,(H-,14,16,17,18)/p+1. The highest BCUT2D eigenvalue weighted by Gasteiger charge is 2.60. The highest BCUT2D eigenvalue weighted by molar-refractivity contribution is 14.1. The number of β-lactam (4-membered cyclic amide) rings is 1. The Morgan fingerprint density at radius 1 is 1.47 bits per heavy atom. The largest absolute Gasteiger partial charge is 0.509 e. The van der Waals surface area contributed by atoms with Crippen LogP contribution >= 0.6 is 30.5 Å². The number of para-hydroxylation sites is 1. The number of phenolic OH excluding ortho intramolecular Hbond substituents is 1. The molecule has 1 fully saturated rings. The fraction of sp³-hybridized carbons (Fsp3) is 0.200.